The van der Waals surface area contributed by atoms with Crippen molar-refractivity contribution < 1.29 is 13.9 Å². The second-order valence-electron chi connectivity index (χ2n) is 8.18. The maximum atomic E-state index is 13.4. The second-order valence-corrected chi connectivity index (χ2v) is 8.18. The van der Waals surface area contributed by atoms with Crippen molar-refractivity contribution in [3.63, 3.8) is 0 Å². The van der Waals surface area contributed by atoms with E-state index in [1.165, 1.54) is 5.69 Å². The Morgan fingerprint density at radius 1 is 1.17 bits per heavy atom. The third-order valence-corrected chi connectivity index (χ3v) is 6.25. The highest BCUT2D eigenvalue weighted by Crippen LogP contribution is 2.36. The lowest BCUT2D eigenvalue weighted by atomic mass is 10.0. The number of carbonyl (C=O) groups is 1. The van der Waals surface area contributed by atoms with E-state index < -0.39 is 0 Å². The molecular formula is C24H27N3O3. The molecule has 0 unspecified atom stereocenters. The molecule has 30 heavy (non-hydrogen) atoms. The summed E-state index contributed by atoms with van der Waals surface area (Å²) in [6.07, 6.45) is 3.88. The standard InChI is InChI=1S/C24H27N3O3/c1-16-13-21(17(2)26(16)14-18-7-5-11-29-18)23-25-22-10-4-3-9-20(22)24(28)27(23)15-19-8-6-12-30-19/h3-4,6,8-10,12-13,18,23,25H,5,7,11,14-15H2,1-2H3/t18-,23-/m0/s1. The molecule has 156 valence electrons. The Labute approximate surface area is 176 Å². The Morgan fingerprint density at radius 2 is 2.03 bits per heavy atom. The van der Waals surface area contributed by atoms with Crippen molar-refractivity contribution in [2.45, 2.75) is 52.0 Å². The normalized spacial score (nSPS) is 21.0. The van der Waals surface area contributed by atoms with Gasteiger partial charge in [-0.15, -0.1) is 0 Å². The lowest BCUT2D eigenvalue weighted by molar-refractivity contribution is 0.0650. The maximum Gasteiger partial charge on any atom is 0.258 e. The molecule has 0 aliphatic carbocycles. The van der Waals surface area contributed by atoms with Gasteiger partial charge in [0.25, 0.3) is 5.91 Å². The van der Waals surface area contributed by atoms with E-state index in [2.05, 4.69) is 29.8 Å². The van der Waals surface area contributed by atoms with Gasteiger partial charge in [-0.1, -0.05) is 12.1 Å². The summed E-state index contributed by atoms with van der Waals surface area (Å²) in [6.45, 7) is 6.37. The predicted octanol–water partition coefficient (Wildman–Crippen LogP) is 4.64. The third-order valence-electron chi connectivity index (χ3n) is 6.25. The average Bonchev–Trinajstić information content (AvgIpc) is 3.50. The topological polar surface area (TPSA) is 59.6 Å². The SMILES string of the molecule is Cc1cc([C@H]2Nc3ccccc3C(=O)N2Cc2ccco2)c(C)n1C[C@@H]1CCCO1. The summed E-state index contributed by atoms with van der Waals surface area (Å²) in [6, 6.07) is 13.7. The highest BCUT2D eigenvalue weighted by Gasteiger charge is 2.35. The smallest absolute Gasteiger partial charge is 0.258 e. The third kappa shape index (κ3) is 3.31. The van der Waals surface area contributed by atoms with Crippen LogP contribution in [0.5, 0.6) is 0 Å². The monoisotopic (exact) mass is 405 g/mol. The molecule has 6 nitrogen and oxygen atoms in total. The summed E-state index contributed by atoms with van der Waals surface area (Å²) in [4.78, 5) is 15.3. The van der Waals surface area contributed by atoms with Crippen molar-refractivity contribution in [1.29, 1.82) is 0 Å². The maximum absolute atomic E-state index is 13.4. The molecule has 0 saturated carbocycles. The molecule has 2 atom stereocenters. The number of aromatic nitrogens is 1. The number of ether oxygens (including phenoxy) is 1. The zero-order chi connectivity index (χ0) is 20.7. The zero-order valence-electron chi connectivity index (χ0n) is 17.4. The first kappa shape index (κ1) is 19.0. The molecule has 1 saturated heterocycles. The van der Waals surface area contributed by atoms with E-state index in [9.17, 15) is 4.79 Å². The van der Waals surface area contributed by atoms with Gasteiger partial charge in [-0.25, -0.2) is 0 Å². The van der Waals surface area contributed by atoms with E-state index in [0.717, 1.165) is 48.7 Å². The minimum absolute atomic E-state index is 0.00896. The lowest BCUT2D eigenvalue weighted by Crippen LogP contribution is -2.42. The van der Waals surface area contributed by atoms with Crippen molar-refractivity contribution in [3.8, 4) is 0 Å². The fourth-order valence-electron chi connectivity index (χ4n) is 4.65. The number of hydrogen-bond donors (Lipinski definition) is 1. The van der Waals surface area contributed by atoms with Crippen LogP contribution in [-0.4, -0.2) is 28.1 Å². The molecule has 0 spiro atoms. The first-order chi connectivity index (χ1) is 14.6. The molecular weight excluding hydrogens is 378 g/mol. The number of aryl methyl sites for hydroxylation is 1. The first-order valence-corrected chi connectivity index (χ1v) is 10.6. The molecule has 1 amide bonds. The van der Waals surface area contributed by atoms with Crippen LogP contribution >= 0.6 is 0 Å². The van der Waals surface area contributed by atoms with Crippen LogP contribution in [0.2, 0.25) is 0 Å². The molecule has 4 heterocycles. The molecule has 2 aromatic heterocycles. The van der Waals surface area contributed by atoms with E-state index in [1.54, 1.807) is 6.26 Å². The number of anilines is 1. The van der Waals surface area contributed by atoms with Gasteiger partial charge in [-0.3, -0.25) is 4.79 Å². The van der Waals surface area contributed by atoms with Crippen LogP contribution < -0.4 is 5.32 Å². The summed E-state index contributed by atoms with van der Waals surface area (Å²) in [5, 5.41) is 3.60. The van der Waals surface area contributed by atoms with Gasteiger partial charge in [0.05, 0.1) is 24.5 Å². The van der Waals surface area contributed by atoms with Crippen molar-refractivity contribution in [3.05, 3.63) is 77.0 Å². The quantitative estimate of drug-likeness (QED) is 0.672. The van der Waals surface area contributed by atoms with Crippen LogP contribution in [0, 0.1) is 13.8 Å². The largest absolute Gasteiger partial charge is 0.467 e. The van der Waals surface area contributed by atoms with Gasteiger partial charge in [0, 0.05) is 35.8 Å². The van der Waals surface area contributed by atoms with Crippen LogP contribution in [0.4, 0.5) is 5.69 Å². The molecule has 2 aliphatic rings. The zero-order valence-corrected chi connectivity index (χ0v) is 17.4. The summed E-state index contributed by atoms with van der Waals surface area (Å²) in [5.41, 5.74) is 5.02. The summed E-state index contributed by atoms with van der Waals surface area (Å²) < 4.78 is 13.7. The number of rotatable bonds is 5. The molecule has 0 bridgehead atoms. The molecule has 3 aromatic rings. The van der Waals surface area contributed by atoms with Crippen LogP contribution in [0.15, 0.2) is 53.1 Å². The van der Waals surface area contributed by atoms with Crippen LogP contribution in [0.25, 0.3) is 0 Å². The van der Waals surface area contributed by atoms with E-state index in [0.29, 0.717) is 12.1 Å². The predicted molar refractivity (Wildman–Crippen MR) is 114 cm³/mol. The number of nitrogens with one attached hydrogen (secondary N) is 1. The Hall–Kier alpha value is -2.99. The molecule has 5 rings (SSSR count). The van der Waals surface area contributed by atoms with Crippen molar-refractivity contribution >= 4 is 11.6 Å². The fourth-order valence-corrected chi connectivity index (χ4v) is 4.65. The van der Waals surface area contributed by atoms with Gasteiger partial charge in [0.2, 0.25) is 0 Å². The Morgan fingerprint density at radius 3 is 2.80 bits per heavy atom. The number of fused-ring (bicyclic) bond motifs is 1. The number of carbonyl (C=O) groups excluding carboxylic acids is 1. The first-order valence-electron chi connectivity index (χ1n) is 10.6. The molecule has 1 N–H and O–H groups in total. The van der Waals surface area contributed by atoms with Gasteiger partial charge in [0.15, 0.2) is 0 Å². The fraction of sp³-hybridized carbons (Fsp3) is 0.375. The molecule has 1 fully saturated rings. The number of amides is 1. The van der Waals surface area contributed by atoms with Crippen molar-refractivity contribution in [2.24, 2.45) is 0 Å². The molecule has 2 aliphatic heterocycles. The number of para-hydroxylation sites is 1. The van der Waals surface area contributed by atoms with E-state index in [1.807, 2.05) is 41.3 Å². The van der Waals surface area contributed by atoms with Crippen molar-refractivity contribution in [2.75, 3.05) is 11.9 Å². The second kappa shape index (κ2) is 7.69. The van der Waals surface area contributed by atoms with Crippen LogP contribution in [-0.2, 0) is 17.8 Å². The van der Waals surface area contributed by atoms with Gasteiger partial charge >= 0.3 is 0 Å². The minimum Gasteiger partial charge on any atom is -0.467 e. The highest BCUT2D eigenvalue weighted by atomic mass is 16.5. The molecule has 1 aromatic carbocycles. The Kier molecular flexibility index (Phi) is 4.87. The van der Waals surface area contributed by atoms with Crippen LogP contribution in [0.1, 0.15) is 52.1 Å². The van der Waals surface area contributed by atoms with Crippen LogP contribution in [0.3, 0.4) is 0 Å². The Balaban J connectivity index is 1.53. The van der Waals surface area contributed by atoms with Crippen molar-refractivity contribution in [1.82, 2.24) is 9.47 Å². The van der Waals surface area contributed by atoms with Gasteiger partial charge in [0.1, 0.15) is 11.9 Å². The highest BCUT2D eigenvalue weighted by molar-refractivity contribution is 6.01. The molecule has 0 radical (unpaired) electrons. The van der Waals surface area contributed by atoms with E-state index >= 15 is 0 Å². The van der Waals surface area contributed by atoms with Gasteiger partial charge in [-0.2, -0.15) is 0 Å². The van der Waals surface area contributed by atoms with Gasteiger partial charge in [-0.05, 0) is 57.0 Å². The summed E-state index contributed by atoms with van der Waals surface area (Å²) in [7, 11) is 0. The lowest BCUT2D eigenvalue weighted by Gasteiger charge is -2.37. The summed E-state index contributed by atoms with van der Waals surface area (Å²) in [5.74, 6) is 0.775. The minimum atomic E-state index is -0.262. The molecule has 6 heteroatoms. The Bertz CT molecular complexity index is 1050. The number of nitrogens with zero attached hydrogens (tertiary/aromatic N) is 2. The van der Waals surface area contributed by atoms with E-state index in [4.69, 9.17) is 9.15 Å². The summed E-state index contributed by atoms with van der Waals surface area (Å²) >= 11 is 0. The number of hydrogen-bond acceptors (Lipinski definition) is 4. The number of furan rings is 1. The van der Waals surface area contributed by atoms with Gasteiger partial charge < -0.3 is 23.9 Å². The number of benzene rings is 1. The average molecular weight is 405 g/mol. The van der Waals surface area contributed by atoms with E-state index in [-0.39, 0.29) is 18.2 Å².